The number of aromatic nitrogens is 2. The molecule has 1 saturated heterocycles. The van der Waals surface area contributed by atoms with Gasteiger partial charge in [-0.1, -0.05) is 55.4 Å². The monoisotopic (exact) mass is 588 g/mol. The van der Waals surface area contributed by atoms with E-state index in [2.05, 4.69) is 25.8 Å². The maximum Gasteiger partial charge on any atom is 0.397 e. The molecule has 0 bridgehead atoms. The number of fused-ring (bicyclic) bond motifs is 1. The second-order valence-corrected chi connectivity index (χ2v) is 12.8. The first-order valence-corrected chi connectivity index (χ1v) is 14.7. The lowest BCUT2D eigenvalue weighted by Crippen LogP contribution is -2.23. The standard InChI is InChI=1S/C25H34FN2O5PS.C2H6.CH3F/c1-14-11-28(23(35)27-22(14)29)19-9-8-15(32-19)12-30-34-31-13-16-20(26)17(24(2,3)4)10-18(21(16)33-34)25(5,6)7;2*1-2/h10-11,15,19H,8-9,12-13H2,1-7H3,(H,27,29,35);1-2H3;1H3. The fourth-order valence-electron chi connectivity index (χ4n) is 4.27. The third-order valence-corrected chi connectivity index (χ3v) is 7.66. The summed E-state index contributed by atoms with van der Waals surface area (Å²) in [5, 5.41) is 0. The number of aromatic amines is 1. The minimum absolute atomic E-state index is 0.0971. The molecule has 3 heterocycles. The quantitative estimate of drug-likeness (QED) is 0.287. The molecule has 1 fully saturated rings. The Morgan fingerprint density at radius 1 is 1.13 bits per heavy atom. The van der Waals surface area contributed by atoms with E-state index in [4.69, 9.17) is 30.5 Å². The number of hydrogen-bond acceptors (Lipinski definition) is 6. The molecule has 2 aromatic rings. The fourth-order valence-corrected chi connectivity index (χ4v) is 5.60. The molecule has 2 aliphatic heterocycles. The van der Waals surface area contributed by atoms with Gasteiger partial charge < -0.3 is 9.26 Å². The van der Waals surface area contributed by atoms with E-state index in [0.29, 0.717) is 34.4 Å². The van der Waals surface area contributed by atoms with Crippen molar-refractivity contribution < 1.29 is 27.1 Å². The highest BCUT2D eigenvalue weighted by atomic mass is 32.1. The van der Waals surface area contributed by atoms with Gasteiger partial charge in [0.1, 0.15) is 17.8 Å². The smallest absolute Gasteiger partial charge is 0.397 e. The van der Waals surface area contributed by atoms with E-state index in [0.717, 1.165) is 18.4 Å². The number of H-pyrrole nitrogens is 1. The summed E-state index contributed by atoms with van der Waals surface area (Å²) in [4.78, 5) is 14.4. The molecule has 220 valence electrons. The van der Waals surface area contributed by atoms with E-state index in [1.165, 1.54) is 0 Å². The molecule has 0 saturated carbocycles. The molecule has 0 aliphatic carbocycles. The molecule has 3 atom stereocenters. The second kappa shape index (κ2) is 13.8. The summed E-state index contributed by atoms with van der Waals surface area (Å²) in [6.07, 6.45) is 2.78. The number of benzene rings is 1. The molecule has 11 heteroatoms. The Hall–Kier alpha value is -1.71. The number of hydrogen-bond donors (Lipinski definition) is 1. The van der Waals surface area contributed by atoms with Crippen molar-refractivity contribution in [3.8, 4) is 5.75 Å². The van der Waals surface area contributed by atoms with Crippen LogP contribution >= 0.6 is 20.8 Å². The molecule has 0 spiro atoms. The number of ether oxygens (including phenoxy) is 1. The van der Waals surface area contributed by atoms with Crippen molar-refractivity contribution in [2.75, 3.05) is 13.8 Å². The Morgan fingerprint density at radius 2 is 1.74 bits per heavy atom. The Kier molecular flexibility index (Phi) is 11.8. The van der Waals surface area contributed by atoms with Crippen LogP contribution in [0.2, 0.25) is 0 Å². The Labute approximate surface area is 237 Å². The highest BCUT2D eigenvalue weighted by Crippen LogP contribution is 2.52. The van der Waals surface area contributed by atoms with Gasteiger partial charge in [-0.2, -0.15) is 0 Å². The third kappa shape index (κ3) is 7.94. The average Bonchev–Trinajstić information content (AvgIpc) is 3.35. The third-order valence-electron chi connectivity index (χ3n) is 6.31. The number of rotatable bonds is 4. The van der Waals surface area contributed by atoms with Crippen molar-refractivity contribution in [3.05, 3.63) is 55.5 Å². The Balaban J connectivity index is 0.00000127. The van der Waals surface area contributed by atoms with Gasteiger partial charge in [-0.05, 0) is 54.4 Å². The molecule has 0 amide bonds. The van der Waals surface area contributed by atoms with E-state index < -0.39 is 8.60 Å². The van der Waals surface area contributed by atoms with Crippen LogP contribution in [0.3, 0.4) is 0 Å². The van der Waals surface area contributed by atoms with Crippen LogP contribution in [0.4, 0.5) is 8.78 Å². The zero-order valence-electron chi connectivity index (χ0n) is 24.7. The number of aryl methyl sites for hydroxylation is 1. The number of halogens is 2. The SMILES string of the molecule is CC.CF.Cc1cn(C2CCC(COP3OCc4c(F)c(C(C)(C)C)cc(C(C)(C)C)c4O3)O2)c(=S)[nH]c1=O. The van der Waals surface area contributed by atoms with Crippen molar-refractivity contribution in [3.63, 3.8) is 0 Å². The minimum Gasteiger partial charge on any atom is -0.426 e. The number of nitrogens with one attached hydrogen (secondary N) is 1. The summed E-state index contributed by atoms with van der Waals surface area (Å²) in [6.45, 7) is 18.4. The first-order chi connectivity index (χ1) is 18.3. The summed E-state index contributed by atoms with van der Waals surface area (Å²) in [7, 11) is -1.19. The van der Waals surface area contributed by atoms with Gasteiger partial charge in [-0.3, -0.25) is 27.8 Å². The van der Waals surface area contributed by atoms with Gasteiger partial charge in [0.05, 0.1) is 32.1 Å². The lowest BCUT2D eigenvalue weighted by atomic mass is 9.78. The predicted octanol–water partition coefficient (Wildman–Crippen LogP) is 8.09. The number of alkyl halides is 1. The topological polar surface area (TPSA) is 74.7 Å². The van der Waals surface area contributed by atoms with Gasteiger partial charge in [-0.15, -0.1) is 0 Å². The molecule has 1 N–H and O–H groups in total. The maximum atomic E-state index is 15.4. The van der Waals surface area contributed by atoms with Crippen molar-refractivity contribution in [1.82, 2.24) is 9.55 Å². The zero-order valence-corrected chi connectivity index (χ0v) is 26.4. The summed E-state index contributed by atoms with van der Waals surface area (Å²) in [6, 6.07) is 1.92. The average molecular weight is 589 g/mol. The van der Waals surface area contributed by atoms with Gasteiger partial charge >= 0.3 is 8.60 Å². The van der Waals surface area contributed by atoms with Crippen molar-refractivity contribution in [2.45, 2.75) is 105 Å². The van der Waals surface area contributed by atoms with Gasteiger partial charge in [0.25, 0.3) is 5.56 Å². The van der Waals surface area contributed by atoms with Crippen LogP contribution in [0.15, 0.2) is 17.1 Å². The second-order valence-electron chi connectivity index (χ2n) is 11.2. The largest absolute Gasteiger partial charge is 0.426 e. The van der Waals surface area contributed by atoms with E-state index in [-0.39, 0.29) is 47.8 Å². The lowest BCUT2D eigenvalue weighted by molar-refractivity contribution is -0.0222. The summed E-state index contributed by atoms with van der Waals surface area (Å²) in [5.41, 5.74) is 1.83. The minimum atomic E-state index is -1.69. The molecule has 39 heavy (non-hydrogen) atoms. The zero-order chi connectivity index (χ0) is 29.7. The molecule has 2 aliphatic rings. The molecule has 1 aromatic heterocycles. The summed E-state index contributed by atoms with van der Waals surface area (Å²) >= 11 is 5.29. The maximum absolute atomic E-state index is 15.4. The van der Waals surface area contributed by atoms with Crippen LogP contribution in [-0.4, -0.2) is 29.4 Å². The van der Waals surface area contributed by atoms with Crippen LogP contribution < -0.4 is 10.1 Å². The van der Waals surface area contributed by atoms with Crippen LogP contribution in [0.5, 0.6) is 5.75 Å². The molecular formula is C28H43F2N2O5PS. The van der Waals surface area contributed by atoms with Gasteiger partial charge in [0, 0.05) is 17.3 Å². The first-order valence-electron chi connectivity index (χ1n) is 13.2. The first kappa shape index (κ1) is 33.5. The molecule has 7 nitrogen and oxygen atoms in total. The fraction of sp³-hybridized carbons (Fsp3) is 0.643. The van der Waals surface area contributed by atoms with Gasteiger partial charge in [0.15, 0.2) is 4.77 Å². The molecule has 4 rings (SSSR count). The molecule has 0 radical (unpaired) electrons. The number of nitrogens with zero attached hydrogens (tertiary/aromatic N) is 1. The predicted molar refractivity (Wildman–Crippen MR) is 154 cm³/mol. The van der Waals surface area contributed by atoms with Crippen molar-refractivity contribution in [2.24, 2.45) is 0 Å². The molecular weight excluding hydrogens is 545 g/mol. The van der Waals surface area contributed by atoms with Crippen LogP contribution in [0, 0.1) is 17.5 Å². The Morgan fingerprint density at radius 3 is 2.33 bits per heavy atom. The van der Waals surface area contributed by atoms with Crippen molar-refractivity contribution >= 4 is 20.8 Å². The van der Waals surface area contributed by atoms with Crippen LogP contribution in [0.1, 0.15) is 96.7 Å². The van der Waals surface area contributed by atoms with E-state index in [9.17, 15) is 9.18 Å². The van der Waals surface area contributed by atoms with Crippen molar-refractivity contribution in [1.29, 1.82) is 0 Å². The highest BCUT2D eigenvalue weighted by Gasteiger charge is 2.36. The normalized spacial score (nSPS) is 20.7. The summed E-state index contributed by atoms with van der Waals surface area (Å²) < 4.78 is 51.0. The molecule has 1 aromatic carbocycles. The van der Waals surface area contributed by atoms with E-state index in [1.54, 1.807) is 17.7 Å². The van der Waals surface area contributed by atoms with E-state index in [1.807, 2.05) is 40.7 Å². The summed E-state index contributed by atoms with van der Waals surface area (Å²) in [5.74, 6) is 0.255. The lowest BCUT2D eigenvalue weighted by Gasteiger charge is -2.33. The van der Waals surface area contributed by atoms with Gasteiger partial charge in [-0.25, -0.2) is 4.39 Å². The highest BCUT2D eigenvalue weighted by molar-refractivity contribution is 7.71. The van der Waals surface area contributed by atoms with Crippen LogP contribution in [0.25, 0.3) is 0 Å². The van der Waals surface area contributed by atoms with Crippen LogP contribution in [-0.2, 0) is 31.2 Å². The Bertz CT molecular complexity index is 1240. The van der Waals surface area contributed by atoms with Gasteiger partial charge in [0.2, 0.25) is 0 Å². The van der Waals surface area contributed by atoms with E-state index >= 15 is 4.39 Å². The molecule has 3 unspecified atom stereocenters.